The lowest BCUT2D eigenvalue weighted by atomic mass is 9.68. The van der Waals surface area contributed by atoms with Gasteiger partial charge in [0, 0.05) is 37.9 Å². The van der Waals surface area contributed by atoms with Crippen molar-refractivity contribution in [2.75, 3.05) is 6.54 Å². The summed E-state index contributed by atoms with van der Waals surface area (Å²) in [5.41, 5.74) is -0.0169. The number of rotatable bonds is 7. The standard InChI is InChI=1S/C16H24BN2O5/c1-11-4-3-5-12(2)18(11)10-13(20)17-9-8-16(23)24-19-14(21)6-7-15(19)22/h11-12H,3-10H2,1-2H3. The molecular formula is C16H24BN2O5. The second-order valence-corrected chi connectivity index (χ2v) is 6.56. The zero-order valence-corrected chi connectivity index (χ0v) is 14.3. The van der Waals surface area contributed by atoms with E-state index in [1.54, 1.807) is 0 Å². The molecule has 24 heavy (non-hydrogen) atoms. The monoisotopic (exact) mass is 335 g/mol. The van der Waals surface area contributed by atoms with Crippen LogP contribution >= 0.6 is 0 Å². The Balaban J connectivity index is 1.67. The fourth-order valence-corrected chi connectivity index (χ4v) is 3.19. The predicted molar refractivity (Wildman–Crippen MR) is 86.8 cm³/mol. The zero-order valence-electron chi connectivity index (χ0n) is 14.3. The number of likely N-dealkylation sites (tertiary alicyclic amines) is 1. The molecule has 2 amide bonds. The van der Waals surface area contributed by atoms with Crippen molar-refractivity contribution in [3.8, 4) is 0 Å². The summed E-state index contributed by atoms with van der Waals surface area (Å²) in [4.78, 5) is 53.4. The summed E-state index contributed by atoms with van der Waals surface area (Å²) >= 11 is 0. The first-order valence-corrected chi connectivity index (χ1v) is 8.57. The average molecular weight is 335 g/mol. The van der Waals surface area contributed by atoms with Gasteiger partial charge in [-0.25, -0.2) is 4.79 Å². The number of amides is 2. The van der Waals surface area contributed by atoms with E-state index in [1.807, 2.05) is 0 Å². The van der Waals surface area contributed by atoms with Crippen molar-refractivity contribution in [3.63, 3.8) is 0 Å². The number of carbonyl (C=O) groups is 4. The minimum Gasteiger partial charge on any atom is -0.330 e. The third kappa shape index (κ3) is 4.90. The Morgan fingerprint density at radius 3 is 2.29 bits per heavy atom. The van der Waals surface area contributed by atoms with Crippen LogP contribution in [0.1, 0.15) is 52.4 Å². The molecule has 131 valence electrons. The molecule has 2 unspecified atom stereocenters. The largest absolute Gasteiger partial charge is 0.332 e. The van der Waals surface area contributed by atoms with Crippen LogP contribution in [-0.2, 0) is 24.0 Å². The van der Waals surface area contributed by atoms with E-state index < -0.39 is 17.8 Å². The van der Waals surface area contributed by atoms with Crippen molar-refractivity contribution < 1.29 is 24.0 Å². The minimum absolute atomic E-state index is 0.0169. The van der Waals surface area contributed by atoms with Gasteiger partial charge in [-0.05, 0) is 26.7 Å². The minimum atomic E-state index is -0.678. The second-order valence-electron chi connectivity index (χ2n) is 6.56. The fraction of sp³-hybridized carbons (Fsp3) is 0.750. The molecular weight excluding hydrogens is 311 g/mol. The number of carbonyl (C=O) groups excluding carboxylic acids is 4. The molecule has 2 fully saturated rings. The summed E-state index contributed by atoms with van der Waals surface area (Å²) in [5, 5.41) is 0.529. The first-order valence-electron chi connectivity index (χ1n) is 8.57. The SMILES string of the molecule is CC1CCCC(C)N1CC(=O)[B]CCC(=O)ON1C(=O)CCC1=O. The van der Waals surface area contributed by atoms with Crippen molar-refractivity contribution in [3.05, 3.63) is 0 Å². The Labute approximate surface area is 142 Å². The molecule has 2 atom stereocenters. The van der Waals surface area contributed by atoms with Crippen LogP contribution in [-0.4, -0.2) is 59.3 Å². The van der Waals surface area contributed by atoms with Crippen molar-refractivity contribution >= 4 is 30.7 Å². The molecule has 2 aliphatic heterocycles. The Morgan fingerprint density at radius 1 is 1.12 bits per heavy atom. The quantitative estimate of drug-likeness (QED) is 0.508. The van der Waals surface area contributed by atoms with Gasteiger partial charge in [-0.1, -0.05) is 12.7 Å². The van der Waals surface area contributed by atoms with E-state index in [-0.39, 0.29) is 31.3 Å². The maximum absolute atomic E-state index is 12.1. The molecule has 0 N–H and O–H groups in total. The normalized spacial score (nSPS) is 25.0. The Kier molecular flexibility index (Phi) is 6.54. The molecule has 0 bridgehead atoms. The van der Waals surface area contributed by atoms with Crippen LogP contribution < -0.4 is 0 Å². The summed E-state index contributed by atoms with van der Waals surface area (Å²) in [6.45, 7) is 4.62. The van der Waals surface area contributed by atoms with Gasteiger partial charge >= 0.3 is 5.97 Å². The highest BCUT2D eigenvalue weighted by atomic mass is 16.7. The van der Waals surface area contributed by atoms with E-state index >= 15 is 0 Å². The molecule has 0 spiro atoms. The highest BCUT2D eigenvalue weighted by Gasteiger charge is 2.32. The number of hydroxylamine groups is 2. The molecule has 2 saturated heterocycles. The molecule has 0 aromatic carbocycles. The average Bonchev–Trinajstić information content (AvgIpc) is 2.83. The molecule has 2 aliphatic rings. The molecule has 1 radical (unpaired) electrons. The summed E-state index contributed by atoms with van der Waals surface area (Å²) < 4.78 is 0. The molecule has 0 saturated carbocycles. The van der Waals surface area contributed by atoms with Gasteiger partial charge in [-0.2, -0.15) is 0 Å². The van der Waals surface area contributed by atoms with Crippen molar-refractivity contribution in [1.82, 2.24) is 9.96 Å². The number of hydrogen-bond donors (Lipinski definition) is 0. The molecule has 0 aromatic rings. The van der Waals surface area contributed by atoms with Gasteiger partial charge in [-0.3, -0.25) is 14.5 Å². The van der Waals surface area contributed by atoms with Gasteiger partial charge in [0.05, 0.1) is 5.68 Å². The van der Waals surface area contributed by atoms with Crippen LogP contribution in [0, 0.1) is 0 Å². The Morgan fingerprint density at radius 2 is 1.71 bits per heavy atom. The topological polar surface area (TPSA) is 84.0 Å². The van der Waals surface area contributed by atoms with Crippen LogP contribution in [0.3, 0.4) is 0 Å². The van der Waals surface area contributed by atoms with Crippen LogP contribution in [0.25, 0.3) is 0 Å². The van der Waals surface area contributed by atoms with E-state index in [0.29, 0.717) is 23.7 Å². The molecule has 0 aliphatic carbocycles. The van der Waals surface area contributed by atoms with Gasteiger partial charge in [0.25, 0.3) is 11.8 Å². The van der Waals surface area contributed by atoms with Crippen LogP contribution in [0.4, 0.5) is 0 Å². The Hall–Kier alpha value is -1.70. The first kappa shape index (κ1) is 18.6. The predicted octanol–water partition coefficient (Wildman–Crippen LogP) is 0.896. The van der Waals surface area contributed by atoms with E-state index in [9.17, 15) is 19.2 Å². The van der Waals surface area contributed by atoms with Gasteiger partial charge in [0.15, 0.2) is 0 Å². The first-order chi connectivity index (χ1) is 11.4. The van der Waals surface area contributed by atoms with E-state index in [0.717, 1.165) is 12.8 Å². The van der Waals surface area contributed by atoms with Gasteiger partial charge in [0.2, 0.25) is 7.28 Å². The van der Waals surface area contributed by atoms with Crippen LogP contribution in [0.5, 0.6) is 0 Å². The highest BCUT2D eigenvalue weighted by Crippen LogP contribution is 2.22. The van der Waals surface area contributed by atoms with E-state index in [2.05, 4.69) is 18.7 Å². The van der Waals surface area contributed by atoms with E-state index in [4.69, 9.17) is 4.84 Å². The fourth-order valence-electron chi connectivity index (χ4n) is 3.19. The Bertz CT molecular complexity index is 499. The van der Waals surface area contributed by atoms with Crippen molar-refractivity contribution in [2.24, 2.45) is 0 Å². The third-order valence-electron chi connectivity index (χ3n) is 4.63. The summed E-state index contributed by atoms with van der Waals surface area (Å²) in [7, 11) is 1.49. The molecule has 2 rings (SSSR count). The number of hydrogen-bond acceptors (Lipinski definition) is 6. The number of nitrogens with zero attached hydrogens (tertiary/aromatic N) is 2. The van der Waals surface area contributed by atoms with Gasteiger partial charge in [-0.15, -0.1) is 5.06 Å². The van der Waals surface area contributed by atoms with Crippen molar-refractivity contribution in [2.45, 2.75) is 70.8 Å². The van der Waals surface area contributed by atoms with Gasteiger partial charge < -0.3 is 9.63 Å². The lowest BCUT2D eigenvalue weighted by Gasteiger charge is -2.38. The number of imide groups is 1. The van der Waals surface area contributed by atoms with Crippen LogP contribution in [0.15, 0.2) is 0 Å². The summed E-state index contributed by atoms with van der Waals surface area (Å²) in [6.07, 6.45) is 3.74. The third-order valence-corrected chi connectivity index (χ3v) is 4.63. The van der Waals surface area contributed by atoms with E-state index in [1.165, 1.54) is 13.7 Å². The molecule has 0 aromatic heterocycles. The highest BCUT2D eigenvalue weighted by molar-refractivity contribution is 6.74. The summed E-state index contributed by atoms with van der Waals surface area (Å²) in [6, 6.07) is 0.784. The smallest absolute Gasteiger partial charge is 0.330 e. The van der Waals surface area contributed by atoms with Crippen molar-refractivity contribution in [1.29, 1.82) is 0 Å². The zero-order chi connectivity index (χ0) is 17.7. The molecule has 8 heteroatoms. The maximum atomic E-state index is 12.1. The lowest BCUT2D eigenvalue weighted by molar-refractivity contribution is -0.197. The van der Waals surface area contributed by atoms with Crippen LogP contribution in [0.2, 0.25) is 6.32 Å². The second kappa shape index (κ2) is 8.42. The molecule has 7 nitrogen and oxygen atoms in total. The number of piperidine rings is 1. The lowest BCUT2D eigenvalue weighted by Crippen LogP contribution is -2.47. The maximum Gasteiger partial charge on any atom is 0.332 e. The molecule has 2 heterocycles. The van der Waals surface area contributed by atoms with Gasteiger partial charge in [0.1, 0.15) is 0 Å². The summed E-state index contributed by atoms with van der Waals surface area (Å²) in [5.74, 6) is -1.68.